The van der Waals surface area contributed by atoms with Gasteiger partial charge in [0.15, 0.2) is 11.4 Å². The Kier molecular flexibility index (Phi) is 3.74. The Hall–Kier alpha value is -2.91. The topological polar surface area (TPSA) is 86.3 Å². The van der Waals surface area contributed by atoms with Crippen LogP contribution in [0.4, 0.5) is 5.69 Å². The summed E-state index contributed by atoms with van der Waals surface area (Å²) in [4.78, 5) is 26.8. The largest absolute Gasteiger partial charge is 0.375 e. The number of rotatable bonds is 4. The van der Waals surface area contributed by atoms with E-state index in [0.717, 1.165) is 0 Å². The summed E-state index contributed by atoms with van der Waals surface area (Å²) >= 11 is 0. The summed E-state index contributed by atoms with van der Waals surface area (Å²) in [5.41, 5.74) is 0.583. The molecule has 2 N–H and O–H groups in total. The predicted octanol–water partition coefficient (Wildman–Crippen LogP) is 1.47. The third-order valence-electron chi connectivity index (χ3n) is 4.31. The Balaban J connectivity index is 2.02. The average Bonchev–Trinajstić information content (AvgIpc) is 2.99. The van der Waals surface area contributed by atoms with Crippen molar-refractivity contribution >= 4 is 17.4 Å². The van der Waals surface area contributed by atoms with Crippen molar-refractivity contribution in [2.24, 2.45) is 0 Å². The van der Waals surface area contributed by atoms with Gasteiger partial charge in [-0.3, -0.25) is 19.6 Å². The number of hydrogen-bond donors (Lipinski definition) is 2. The molecule has 0 saturated carbocycles. The van der Waals surface area contributed by atoms with E-state index in [2.05, 4.69) is 16.1 Å². The number of benzene rings is 1. The molecule has 3 rings (SSSR count). The van der Waals surface area contributed by atoms with Crippen LogP contribution in [0, 0.1) is 26.2 Å². The van der Waals surface area contributed by atoms with Gasteiger partial charge in [-0.2, -0.15) is 5.10 Å². The van der Waals surface area contributed by atoms with Gasteiger partial charge >= 0.3 is 0 Å². The maximum absolute atomic E-state index is 12.8. The maximum Gasteiger partial charge on any atom is 0.265 e. The standard InChI is InChI=1S/C18H17N3O3/c1-4-9-21-14-8-6-5-7-13(14)18(24,17(21)23)10-15(22)16-11(2)19-20-12(16)3/h1,5-8,24H,9-10H2,2-3H3,(H,19,20)/t18-/m1/s1. The number of terminal acetylenes is 1. The number of carbonyl (C=O) groups excluding carboxylic acids is 2. The van der Waals surface area contributed by atoms with Crippen LogP contribution in [0.25, 0.3) is 0 Å². The van der Waals surface area contributed by atoms with Crippen LogP contribution in [-0.4, -0.2) is 33.5 Å². The van der Waals surface area contributed by atoms with E-state index in [1.807, 2.05) is 0 Å². The van der Waals surface area contributed by atoms with Crippen molar-refractivity contribution in [1.29, 1.82) is 0 Å². The number of fused-ring (bicyclic) bond motifs is 1. The number of amides is 1. The molecule has 1 amide bonds. The van der Waals surface area contributed by atoms with Crippen molar-refractivity contribution in [3.63, 3.8) is 0 Å². The highest BCUT2D eigenvalue weighted by molar-refractivity contribution is 6.11. The lowest BCUT2D eigenvalue weighted by atomic mass is 9.87. The molecule has 0 fully saturated rings. The van der Waals surface area contributed by atoms with Crippen LogP contribution >= 0.6 is 0 Å². The number of ketones is 1. The molecule has 0 aliphatic carbocycles. The number of carbonyl (C=O) groups is 2. The number of nitrogens with one attached hydrogen (secondary N) is 1. The van der Waals surface area contributed by atoms with Gasteiger partial charge < -0.3 is 5.11 Å². The lowest BCUT2D eigenvalue weighted by Gasteiger charge is -2.21. The lowest BCUT2D eigenvalue weighted by molar-refractivity contribution is -0.135. The highest BCUT2D eigenvalue weighted by atomic mass is 16.3. The van der Waals surface area contributed by atoms with Gasteiger partial charge in [0.1, 0.15) is 0 Å². The molecule has 1 aliphatic rings. The van der Waals surface area contributed by atoms with Gasteiger partial charge in [0, 0.05) is 11.3 Å². The van der Waals surface area contributed by atoms with E-state index in [4.69, 9.17) is 6.42 Å². The third kappa shape index (κ3) is 2.22. The van der Waals surface area contributed by atoms with Crippen LogP contribution in [0.3, 0.4) is 0 Å². The van der Waals surface area contributed by atoms with Gasteiger partial charge in [-0.15, -0.1) is 6.42 Å². The van der Waals surface area contributed by atoms with E-state index in [1.54, 1.807) is 38.1 Å². The zero-order chi connectivity index (χ0) is 17.5. The molecule has 24 heavy (non-hydrogen) atoms. The molecule has 1 aliphatic heterocycles. The summed E-state index contributed by atoms with van der Waals surface area (Å²) in [5, 5.41) is 17.8. The van der Waals surface area contributed by atoms with Crippen LogP contribution in [0.5, 0.6) is 0 Å². The summed E-state index contributed by atoms with van der Waals surface area (Å²) in [7, 11) is 0. The molecule has 0 radical (unpaired) electrons. The first-order valence-electron chi connectivity index (χ1n) is 7.52. The molecule has 0 spiro atoms. The fourth-order valence-electron chi connectivity index (χ4n) is 3.21. The fraction of sp³-hybridized carbons (Fsp3) is 0.278. The average molecular weight is 323 g/mol. The number of anilines is 1. The number of aliphatic hydroxyl groups is 1. The van der Waals surface area contributed by atoms with Crippen molar-refractivity contribution in [2.75, 3.05) is 11.4 Å². The molecule has 1 aromatic heterocycles. The van der Waals surface area contributed by atoms with E-state index >= 15 is 0 Å². The smallest absolute Gasteiger partial charge is 0.265 e. The van der Waals surface area contributed by atoms with Crippen LogP contribution in [-0.2, 0) is 10.4 Å². The predicted molar refractivity (Wildman–Crippen MR) is 88.5 cm³/mol. The van der Waals surface area contributed by atoms with Gasteiger partial charge in [-0.05, 0) is 19.9 Å². The summed E-state index contributed by atoms with van der Waals surface area (Å²) in [6.07, 6.45) is 4.97. The number of hydrogen-bond acceptors (Lipinski definition) is 4. The monoisotopic (exact) mass is 323 g/mol. The second kappa shape index (κ2) is 5.62. The van der Waals surface area contributed by atoms with Crippen LogP contribution in [0.1, 0.15) is 33.7 Å². The molecular formula is C18H17N3O3. The first-order valence-corrected chi connectivity index (χ1v) is 7.52. The van der Waals surface area contributed by atoms with Crippen molar-refractivity contribution in [3.8, 4) is 12.3 Å². The lowest BCUT2D eigenvalue weighted by Crippen LogP contribution is -2.42. The number of H-pyrrole nitrogens is 1. The van der Waals surface area contributed by atoms with Gasteiger partial charge in [0.25, 0.3) is 5.91 Å². The minimum absolute atomic E-state index is 0.0378. The molecule has 0 saturated heterocycles. The summed E-state index contributed by atoms with van der Waals surface area (Å²) < 4.78 is 0. The van der Waals surface area contributed by atoms with E-state index < -0.39 is 11.5 Å². The first kappa shape index (κ1) is 16.0. The number of aryl methyl sites for hydroxylation is 2. The number of aromatic nitrogens is 2. The number of aromatic amines is 1. The molecule has 2 aromatic rings. The molecule has 1 aromatic carbocycles. The van der Waals surface area contributed by atoms with E-state index in [0.29, 0.717) is 28.2 Å². The van der Waals surface area contributed by atoms with Crippen LogP contribution in [0.15, 0.2) is 24.3 Å². The summed E-state index contributed by atoms with van der Waals surface area (Å²) in [5.74, 6) is 1.50. The SMILES string of the molecule is C#CCN1C(=O)[C@@](O)(CC(=O)c2c(C)n[nH]c2C)c2ccccc21. The maximum atomic E-state index is 12.8. The highest BCUT2D eigenvalue weighted by Crippen LogP contribution is 2.42. The molecule has 0 bridgehead atoms. The molecule has 6 heteroatoms. The summed E-state index contributed by atoms with van der Waals surface area (Å²) in [6, 6.07) is 6.83. The van der Waals surface area contributed by atoms with Gasteiger partial charge in [-0.25, -0.2) is 0 Å². The second-order valence-corrected chi connectivity index (χ2v) is 5.88. The second-order valence-electron chi connectivity index (χ2n) is 5.88. The fourth-order valence-corrected chi connectivity index (χ4v) is 3.21. The number of nitrogens with zero attached hydrogens (tertiary/aromatic N) is 2. The molecule has 0 unspecified atom stereocenters. The quantitative estimate of drug-likeness (QED) is 0.659. The van der Waals surface area contributed by atoms with Crippen LogP contribution < -0.4 is 4.90 Å². The Labute approximate surface area is 139 Å². The Morgan fingerprint density at radius 2 is 2.12 bits per heavy atom. The zero-order valence-corrected chi connectivity index (χ0v) is 13.5. The minimum atomic E-state index is -1.92. The van der Waals surface area contributed by atoms with Crippen molar-refractivity contribution in [1.82, 2.24) is 10.2 Å². The summed E-state index contributed by atoms with van der Waals surface area (Å²) in [6.45, 7) is 3.47. The normalized spacial score (nSPS) is 19.2. The number of Topliss-reactive ketones (excluding diaryl/α,β-unsaturated/α-hetero) is 1. The third-order valence-corrected chi connectivity index (χ3v) is 4.31. The molecular weight excluding hydrogens is 306 g/mol. The van der Waals surface area contributed by atoms with Crippen molar-refractivity contribution in [3.05, 3.63) is 46.8 Å². The molecule has 122 valence electrons. The van der Waals surface area contributed by atoms with E-state index in [9.17, 15) is 14.7 Å². The van der Waals surface area contributed by atoms with Gasteiger partial charge in [-0.1, -0.05) is 24.1 Å². The molecule has 1 atom stereocenters. The van der Waals surface area contributed by atoms with Gasteiger partial charge in [0.2, 0.25) is 0 Å². The Morgan fingerprint density at radius 3 is 2.75 bits per heavy atom. The zero-order valence-electron chi connectivity index (χ0n) is 13.5. The van der Waals surface area contributed by atoms with Gasteiger partial charge in [0.05, 0.1) is 29.9 Å². The molecule has 2 heterocycles. The Morgan fingerprint density at radius 1 is 1.42 bits per heavy atom. The number of para-hydroxylation sites is 1. The van der Waals surface area contributed by atoms with Crippen LogP contribution in [0.2, 0.25) is 0 Å². The highest BCUT2D eigenvalue weighted by Gasteiger charge is 2.50. The first-order chi connectivity index (χ1) is 11.4. The van der Waals surface area contributed by atoms with Crippen molar-refractivity contribution < 1.29 is 14.7 Å². The van der Waals surface area contributed by atoms with Crippen molar-refractivity contribution in [2.45, 2.75) is 25.9 Å². The minimum Gasteiger partial charge on any atom is -0.375 e. The molecule has 6 nitrogen and oxygen atoms in total. The van der Waals surface area contributed by atoms with E-state index in [1.165, 1.54) is 4.90 Å². The van der Waals surface area contributed by atoms with E-state index in [-0.39, 0.29) is 18.7 Å². The Bertz CT molecular complexity index is 858.